The molecule has 2 N–H and O–H groups in total. The Bertz CT molecular complexity index is 2100. The van der Waals surface area contributed by atoms with Gasteiger partial charge in [0.2, 0.25) is 11.8 Å². The molecule has 58 heavy (non-hydrogen) atoms. The first-order valence-corrected chi connectivity index (χ1v) is 20.9. The van der Waals surface area contributed by atoms with Gasteiger partial charge in [0, 0.05) is 100 Å². The molecule has 1 spiro atoms. The maximum atomic E-state index is 15.1. The number of imide groups is 1. The van der Waals surface area contributed by atoms with Crippen LogP contribution in [-0.4, -0.2) is 110 Å². The average Bonchev–Trinajstić information content (AvgIpc) is 3.56. The van der Waals surface area contributed by atoms with Crippen molar-refractivity contribution in [1.82, 2.24) is 20.4 Å². The fraction of sp³-hybridized carbons (Fsp3) is 0.477. The van der Waals surface area contributed by atoms with Gasteiger partial charge < -0.3 is 24.9 Å². The van der Waals surface area contributed by atoms with Gasteiger partial charge in [-0.05, 0) is 112 Å². The molecule has 5 fully saturated rings. The zero-order valence-corrected chi connectivity index (χ0v) is 33.6. The Hall–Kier alpha value is -5.19. The zero-order valence-electron chi connectivity index (χ0n) is 32.9. The van der Waals surface area contributed by atoms with Gasteiger partial charge in [-0.1, -0.05) is 11.6 Å². The van der Waals surface area contributed by atoms with Gasteiger partial charge >= 0.3 is 0 Å². The van der Waals surface area contributed by atoms with Crippen LogP contribution in [0.5, 0.6) is 0 Å². The number of carbonyl (C=O) groups is 4. The molecule has 0 radical (unpaired) electrons. The molecule has 3 aromatic carbocycles. The summed E-state index contributed by atoms with van der Waals surface area (Å²) in [6.45, 7) is 9.70. The van der Waals surface area contributed by atoms with Crippen molar-refractivity contribution in [2.45, 2.75) is 70.0 Å². The molecule has 3 aromatic rings. The Kier molecular flexibility index (Phi) is 11.3. The Labute approximate surface area is 343 Å². The summed E-state index contributed by atoms with van der Waals surface area (Å²) in [5.41, 5.74) is 4.27. The number of amides is 4. The SMILES string of the molecule is C[C@H]1CC2(CCN(c3ccc(C(=O)N4CCC(N5CCN(c6ccc(C(=O)N[C@H]7CCC(=O)NC7=O)c(F)c6)CC5)CC4)cc3)CC2)CN1c1ccc(C#N)c(Cl)c1. The maximum Gasteiger partial charge on any atom is 0.254 e. The topological polar surface area (TPSA) is 132 Å². The maximum absolute atomic E-state index is 15.1. The molecule has 0 aromatic heterocycles. The van der Waals surface area contributed by atoms with Crippen molar-refractivity contribution in [2.24, 2.45) is 5.41 Å². The van der Waals surface area contributed by atoms with Gasteiger partial charge in [0.15, 0.2) is 0 Å². The van der Waals surface area contributed by atoms with Crippen molar-refractivity contribution in [3.63, 3.8) is 0 Å². The van der Waals surface area contributed by atoms with Crippen LogP contribution in [0.4, 0.5) is 21.5 Å². The second-order valence-corrected chi connectivity index (χ2v) is 17.1. The number of halogens is 2. The lowest BCUT2D eigenvalue weighted by atomic mass is 9.76. The highest BCUT2D eigenvalue weighted by atomic mass is 35.5. The third kappa shape index (κ3) is 8.22. The number of hydrogen-bond acceptors (Lipinski definition) is 9. The first kappa shape index (κ1) is 39.6. The van der Waals surface area contributed by atoms with Crippen LogP contribution in [0.25, 0.3) is 0 Å². The number of nitriles is 1. The monoisotopic (exact) mass is 808 g/mol. The van der Waals surface area contributed by atoms with Gasteiger partial charge in [-0.3, -0.25) is 29.4 Å². The van der Waals surface area contributed by atoms with E-state index in [0.717, 1.165) is 94.9 Å². The van der Waals surface area contributed by atoms with E-state index >= 15 is 4.39 Å². The van der Waals surface area contributed by atoms with E-state index in [4.69, 9.17) is 11.6 Å². The third-order valence-corrected chi connectivity index (χ3v) is 13.5. The van der Waals surface area contributed by atoms with E-state index in [-0.39, 0.29) is 35.6 Å². The molecule has 12 nitrogen and oxygen atoms in total. The van der Waals surface area contributed by atoms with Crippen LogP contribution >= 0.6 is 11.6 Å². The van der Waals surface area contributed by atoms with Crippen molar-refractivity contribution >= 4 is 52.3 Å². The molecule has 4 amide bonds. The molecular formula is C44H50ClFN8O4. The van der Waals surface area contributed by atoms with Gasteiger partial charge in [0.25, 0.3) is 11.8 Å². The fourth-order valence-corrected chi connectivity index (χ4v) is 9.99. The number of carbonyl (C=O) groups excluding carboxylic acids is 4. The lowest BCUT2D eigenvalue weighted by molar-refractivity contribution is -0.134. The second-order valence-electron chi connectivity index (χ2n) is 16.7. The minimum Gasteiger partial charge on any atom is -0.371 e. The van der Waals surface area contributed by atoms with E-state index in [0.29, 0.717) is 41.4 Å². The van der Waals surface area contributed by atoms with Crippen LogP contribution in [0.15, 0.2) is 60.7 Å². The molecule has 8 rings (SSSR count). The summed E-state index contributed by atoms with van der Waals surface area (Å²) in [5.74, 6) is -2.22. The number of rotatable bonds is 7. The van der Waals surface area contributed by atoms with Gasteiger partial charge in [-0.25, -0.2) is 4.39 Å². The van der Waals surface area contributed by atoms with Crippen molar-refractivity contribution in [2.75, 3.05) is 73.6 Å². The number of likely N-dealkylation sites (tertiary alicyclic amines) is 1. The fourth-order valence-electron chi connectivity index (χ4n) is 9.77. The summed E-state index contributed by atoms with van der Waals surface area (Å²) in [6.07, 6.45) is 5.45. The van der Waals surface area contributed by atoms with E-state index in [2.05, 4.69) is 55.4 Å². The number of nitrogens with zero attached hydrogens (tertiary/aromatic N) is 6. The van der Waals surface area contributed by atoms with Crippen LogP contribution in [0.3, 0.4) is 0 Å². The van der Waals surface area contributed by atoms with Gasteiger partial charge in [0.1, 0.15) is 17.9 Å². The van der Waals surface area contributed by atoms with E-state index in [9.17, 15) is 24.4 Å². The quantitative estimate of drug-likeness (QED) is 0.310. The highest BCUT2D eigenvalue weighted by molar-refractivity contribution is 6.32. The van der Waals surface area contributed by atoms with Gasteiger partial charge in [-0.2, -0.15) is 5.26 Å². The highest BCUT2D eigenvalue weighted by Crippen LogP contribution is 2.46. The molecule has 5 aliphatic rings. The van der Waals surface area contributed by atoms with E-state index in [1.54, 1.807) is 6.07 Å². The normalized spacial score (nSPS) is 22.9. The Morgan fingerprint density at radius 3 is 2.19 bits per heavy atom. The van der Waals surface area contributed by atoms with Crippen molar-refractivity contribution in [1.29, 1.82) is 5.26 Å². The largest absolute Gasteiger partial charge is 0.371 e. The molecule has 0 unspecified atom stereocenters. The summed E-state index contributed by atoms with van der Waals surface area (Å²) >= 11 is 6.37. The predicted octanol–water partition coefficient (Wildman–Crippen LogP) is 5.20. The lowest BCUT2D eigenvalue weighted by Gasteiger charge is -2.43. The Morgan fingerprint density at radius 2 is 1.53 bits per heavy atom. The summed E-state index contributed by atoms with van der Waals surface area (Å²) in [4.78, 5) is 61.2. The predicted molar refractivity (Wildman–Crippen MR) is 221 cm³/mol. The zero-order chi connectivity index (χ0) is 40.6. The first-order valence-electron chi connectivity index (χ1n) is 20.5. The van der Waals surface area contributed by atoms with E-state index in [1.165, 1.54) is 12.1 Å². The number of hydrogen-bond donors (Lipinski definition) is 2. The molecular weight excluding hydrogens is 759 g/mol. The molecule has 304 valence electrons. The van der Waals surface area contributed by atoms with Crippen LogP contribution in [-0.2, 0) is 9.59 Å². The standard InChI is InChI=1S/C44H50ClFN8O4/c1-29-26-44(28-54(29)35-7-4-31(27-47)37(45)24-35)14-18-50(19-15-44)32-5-2-30(3-6-32)43(58)53-16-12-33(13-17-53)51-20-22-52(23-21-51)34-8-9-36(38(46)25-34)41(56)48-39-10-11-40(55)49-42(39)57/h2-9,24-25,29,33,39H,10-23,26,28H2,1H3,(H,48,56)(H,49,55,57)/t29-,39-/m0/s1. The van der Waals surface area contributed by atoms with Gasteiger partial charge in [-0.15, -0.1) is 0 Å². The van der Waals surface area contributed by atoms with Gasteiger partial charge in [0.05, 0.1) is 16.1 Å². The molecule has 0 aliphatic carbocycles. The highest BCUT2D eigenvalue weighted by Gasteiger charge is 2.44. The van der Waals surface area contributed by atoms with Crippen LogP contribution in [0, 0.1) is 22.6 Å². The number of piperazine rings is 1. The minimum atomic E-state index is -0.868. The Balaban J connectivity index is 0.775. The molecule has 0 bridgehead atoms. The smallest absolute Gasteiger partial charge is 0.254 e. The third-order valence-electron chi connectivity index (χ3n) is 13.2. The lowest BCUT2D eigenvalue weighted by Crippen LogP contribution is -2.53. The van der Waals surface area contributed by atoms with Crippen LogP contribution in [0.1, 0.15) is 78.1 Å². The molecule has 2 atom stereocenters. The van der Waals surface area contributed by atoms with Crippen molar-refractivity contribution in [3.8, 4) is 6.07 Å². The van der Waals surface area contributed by atoms with E-state index < -0.39 is 23.7 Å². The van der Waals surface area contributed by atoms with Crippen LogP contribution in [0.2, 0.25) is 5.02 Å². The van der Waals surface area contributed by atoms with Crippen LogP contribution < -0.4 is 25.3 Å². The molecule has 14 heteroatoms. The summed E-state index contributed by atoms with van der Waals surface area (Å²) in [6, 6.07) is 20.5. The van der Waals surface area contributed by atoms with Crippen molar-refractivity contribution < 1.29 is 23.6 Å². The summed E-state index contributed by atoms with van der Waals surface area (Å²) in [5, 5.41) is 14.5. The summed E-state index contributed by atoms with van der Waals surface area (Å²) in [7, 11) is 0. The number of benzene rings is 3. The molecule has 5 saturated heterocycles. The van der Waals surface area contributed by atoms with E-state index in [1.807, 2.05) is 35.2 Å². The second kappa shape index (κ2) is 16.6. The average molecular weight is 809 g/mol. The molecule has 5 aliphatic heterocycles. The Morgan fingerprint density at radius 1 is 0.862 bits per heavy atom. The molecule has 0 saturated carbocycles. The first-order chi connectivity index (χ1) is 28.0. The van der Waals surface area contributed by atoms with Crippen molar-refractivity contribution in [3.05, 3.63) is 88.2 Å². The number of anilines is 3. The number of piperidine rings is 3. The molecule has 5 heterocycles. The summed E-state index contributed by atoms with van der Waals surface area (Å²) < 4.78 is 15.1. The number of nitrogens with one attached hydrogen (secondary N) is 2. The minimum absolute atomic E-state index is 0.0756.